The van der Waals surface area contributed by atoms with Crippen molar-refractivity contribution in [2.45, 2.75) is 20.0 Å². The summed E-state index contributed by atoms with van der Waals surface area (Å²) in [4.78, 5) is 12.2. The molecule has 2 heterocycles. The lowest BCUT2D eigenvalue weighted by Crippen LogP contribution is -2.12. The number of anilines is 1. The number of halogens is 2. The van der Waals surface area contributed by atoms with Crippen LogP contribution in [0.3, 0.4) is 0 Å². The van der Waals surface area contributed by atoms with Gasteiger partial charge in [-0.15, -0.1) is 0 Å². The van der Waals surface area contributed by atoms with Crippen LogP contribution in [0.2, 0.25) is 0 Å². The Morgan fingerprint density at radius 2 is 2.08 bits per heavy atom. The van der Waals surface area contributed by atoms with Crippen LogP contribution in [0.1, 0.15) is 22.8 Å². The average Bonchev–Trinajstić information content (AvgIpc) is 3.17. The van der Waals surface area contributed by atoms with Crippen LogP contribution in [0.5, 0.6) is 0 Å². The molecule has 124 valence electrons. The monoisotopic (exact) mass is 391 g/mol. The smallest absolute Gasteiger partial charge is 0.260 e. The molecule has 0 radical (unpaired) electrons. The molecule has 2 aromatic heterocycles. The van der Waals surface area contributed by atoms with E-state index in [0.717, 1.165) is 0 Å². The van der Waals surface area contributed by atoms with Gasteiger partial charge in [-0.25, -0.2) is 4.39 Å². The second-order valence-corrected chi connectivity index (χ2v) is 6.01. The fourth-order valence-electron chi connectivity index (χ4n) is 2.20. The third kappa shape index (κ3) is 3.53. The van der Waals surface area contributed by atoms with Crippen molar-refractivity contribution in [3.63, 3.8) is 0 Å². The molecule has 3 rings (SSSR count). The molecule has 0 unspecified atom stereocenters. The minimum Gasteiger partial charge on any atom is -0.304 e. The summed E-state index contributed by atoms with van der Waals surface area (Å²) in [6.45, 7) is 2.90. The number of aromatic nitrogens is 4. The summed E-state index contributed by atoms with van der Waals surface area (Å²) in [5, 5.41) is 11.1. The van der Waals surface area contributed by atoms with Gasteiger partial charge in [-0.1, -0.05) is 18.2 Å². The van der Waals surface area contributed by atoms with Crippen molar-refractivity contribution in [3.8, 4) is 0 Å². The Bertz CT molecular complexity index is 873. The van der Waals surface area contributed by atoms with Gasteiger partial charge in [-0.2, -0.15) is 10.2 Å². The predicted molar refractivity (Wildman–Crippen MR) is 91.3 cm³/mol. The third-order valence-corrected chi connectivity index (χ3v) is 4.04. The lowest BCUT2D eigenvalue weighted by atomic mass is 10.2. The summed E-state index contributed by atoms with van der Waals surface area (Å²) < 4.78 is 17.6. The Balaban J connectivity index is 1.74. The fourth-order valence-corrected chi connectivity index (χ4v) is 2.61. The van der Waals surface area contributed by atoms with Gasteiger partial charge >= 0.3 is 0 Å². The van der Waals surface area contributed by atoms with E-state index in [0.29, 0.717) is 28.0 Å². The molecule has 0 saturated heterocycles. The van der Waals surface area contributed by atoms with E-state index in [9.17, 15) is 9.18 Å². The Hall–Kier alpha value is -2.48. The first-order chi connectivity index (χ1) is 11.6. The zero-order chi connectivity index (χ0) is 17.1. The highest BCUT2D eigenvalue weighted by molar-refractivity contribution is 9.10. The van der Waals surface area contributed by atoms with E-state index in [4.69, 9.17) is 0 Å². The highest BCUT2D eigenvalue weighted by atomic mass is 79.9. The van der Waals surface area contributed by atoms with Crippen molar-refractivity contribution in [2.75, 3.05) is 5.32 Å². The molecule has 0 aliphatic heterocycles. The van der Waals surface area contributed by atoms with Crippen LogP contribution in [-0.2, 0) is 13.1 Å². The fraction of sp³-hybridized carbons (Fsp3) is 0.188. The number of amides is 1. The van der Waals surface area contributed by atoms with Crippen molar-refractivity contribution in [1.82, 2.24) is 19.6 Å². The SMILES string of the molecule is CCn1cc(C(=O)Nc2nn(Cc3ccccc3F)cc2Br)cn1. The molecule has 1 N–H and O–H groups in total. The highest BCUT2D eigenvalue weighted by Gasteiger charge is 2.14. The maximum absolute atomic E-state index is 13.7. The van der Waals surface area contributed by atoms with E-state index in [1.165, 1.54) is 12.3 Å². The van der Waals surface area contributed by atoms with Gasteiger partial charge in [-0.3, -0.25) is 14.2 Å². The van der Waals surface area contributed by atoms with Crippen molar-refractivity contribution < 1.29 is 9.18 Å². The standard InChI is InChI=1S/C16H15BrFN5O/c1-2-22-9-12(7-19-22)16(24)20-15-13(17)10-23(21-15)8-11-5-3-4-6-14(11)18/h3-7,9-10H,2,8H2,1H3,(H,20,21,24). The van der Waals surface area contributed by atoms with Gasteiger partial charge in [0.1, 0.15) is 5.82 Å². The predicted octanol–water partition coefficient (Wildman–Crippen LogP) is 3.30. The first-order valence-corrected chi connectivity index (χ1v) is 8.16. The zero-order valence-electron chi connectivity index (χ0n) is 12.9. The van der Waals surface area contributed by atoms with Gasteiger partial charge in [0.2, 0.25) is 0 Å². The minimum atomic E-state index is -0.299. The lowest BCUT2D eigenvalue weighted by molar-refractivity contribution is 0.102. The molecule has 0 fully saturated rings. The quantitative estimate of drug-likeness (QED) is 0.725. The van der Waals surface area contributed by atoms with E-state index in [2.05, 4.69) is 31.4 Å². The van der Waals surface area contributed by atoms with Crippen LogP contribution in [0, 0.1) is 5.82 Å². The van der Waals surface area contributed by atoms with E-state index < -0.39 is 0 Å². The summed E-state index contributed by atoms with van der Waals surface area (Å²) in [7, 11) is 0. The summed E-state index contributed by atoms with van der Waals surface area (Å²) in [5.41, 5.74) is 0.974. The summed E-state index contributed by atoms with van der Waals surface area (Å²) >= 11 is 3.36. The van der Waals surface area contributed by atoms with Gasteiger partial charge in [0.15, 0.2) is 5.82 Å². The Morgan fingerprint density at radius 3 is 2.79 bits per heavy atom. The van der Waals surface area contributed by atoms with Gasteiger partial charge in [0.25, 0.3) is 5.91 Å². The first-order valence-electron chi connectivity index (χ1n) is 7.37. The third-order valence-electron chi connectivity index (χ3n) is 3.46. The van der Waals surface area contributed by atoms with Gasteiger partial charge in [0, 0.05) is 24.5 Å². The van der Waals surface area contributed by atoms with E-state index in [-0.39, 0.29) is 18.3 Å². The molecule has 0 aliphatic carbocycles. The second kappa shape index (κ2) is 6.96. The maximum Gasteiger partial charge on any atom is 0.260 e. The average molecular weight is 392 g/mol. The number of rotatable bonds is 5. The molecule has 0 bridgehead atoms. The first kappa shape index (κ1) is 16.4. The Labute approximate surface area is 146 Å². The molecule has 0 spiro atoms. The molecule has 0 saturated carbocycles. The normalized spacial score (nSPS) is 10.8. The van der Waals surface area contributed by atoms with Gasteiger partial charge in [-0.05, 0) is 28.9 Å². The number of hydrogen-bond donors (Lipinski definition) is 1. The number of carbonyl (C=O) groups excluding carboxylic acids is 1. The molecule has 24 heavy (non-hydrogen) atoms. The Kier molecular flexibility index (Phi) is 4.75. The molecule has 1 amide bonds. The van der Waals surface area contributed by atoms with Crippen LogP contribution in [-0.4, -0.2) is 25.5 Å². The van der Waals surface area contributed by atoms with E-state index >= 15 is 0 Å². The zero-order valence-corrected chi connectivity index (χ0v) is 14.5. The number of aryl methyl sites for hydroxylation is 1. The van der Waals surface area contributed by atoms with Crippen molar-refractivity contribution in [1.29, 1.82) is 0 Å². The number of benzene rings is 1. The molecule has 0 aliphatic rings. The van der Waals surface area contributed by atoms with Crippen molar-refractivity contribution >= 4 is 27.7 Å². The number of nitrogens with one attached hydrogen (secondary N) is 1. The van der Waals surface area contributed by atoms with Crippen molar-refractivity contribution in [2.24, 2.45) is 0 Å². The second-order valence-electron chi connectivity index (χ2n) is 5.15. The van der Waals surface area contributed by atoms with E-state index in [1.807, 2.05) is 6.92 Å². The van der Waals surface area contributed by atoms with Crippen molar-refractivity contribution in [3.05, 3.63) is 64.3 Å². The van der Waals surface area contributed by atoms with Gasteiger partial charge < -0.3 is 5.32 Å². The lowest BCUT2D eigenvalue weighted by Gasteiger charge is -2.03. The number of carbonyl (C=O) groups is 1. The summed E-state index contributed by atoms with van der Waals surface area (Å²) in [5.74, 6) is -0.214. The van der Waals surface area contributed by atoms with E-state index in [1.54, 1.807) is 40.0 Å². The highest BCUT2D eigenvalue weighted by Crippen LogP contribution is 2.22. The number of nitrogens with zero attached hydrogens (tertiary/aromatic N) is 4. The molecule has 1 aromatic carbocycles. The van der Waals surface area contributed by atoms with Crippen LogP contribution in [0.15, 0.2) is 47.3 Å². The summed E-state index contributed by atoms with van der Waals surface area (Å²) in [6, 6.07) is 6.51. The van der Waals surface area contributed by atoms with Crippen LogP contribution >= 0.6 is 15.9 Å². The number of hydrogen-bond acceptors (Lipinski definition) is 3. The van der Waals surface area contributed by atoms with Crippen LogP contribution in [0.4, 0.5) is 10.2 Å². The molecular weight excluding hydrogens is 377 g/mol. The molecule has 6 nitrogen and oxygen atoms in total. The minimum absolute atomic E-state index is 0.273. The van der Waals surface area contributed by atoms with Gasteiger partial charge in [0.05, 0.1) is 22.8 Å². The van der Waals surface area contributed by atoms with Crippen LogP contribution in [0.25, 0.3) is 0 Å². The Morgan fingerprint density at radius 1 is 1.29 bits per heavy atom. The molecule has 0 atom stereocenters. The molecular formula is C16H15BrFN5O. The largest absolute Gasteiger partial charge is 0.304 e. The summed E-state index contributed by atoms with van der Waals surface area (Å²) in [6.07, 6.45) is 4.86. The topological polar surface area (TPSA) is 64.7 Å². The van der Waals surface area contributed by atoms with Crippen LogP contribution < -0.4 is 5.32 Å². The molecule has 3 aromatic rings. The molecule has 8 heteroatoms. The maximum atomic E-state index is 13.7.